The second-order valence-corrected chi connectivity index (χ2v) is 8.16. The van der Waals surface area contributed by atoms with Crippen molar-refractivity contribution in [3.05, 3.63) is 35.1 Å². The lowest BCUT2D eigenvalue weighted by atomic mass is 9.83. The van der Waals surface area contributed by atoms with E-state index in [9.17, 15) is 17.9 Å². The van der Waals surface area contributed by atoms with E-state index in [-0.39, 0.29) is 24.0 Å². The molecule has 106 valence electrons. The summed E-state index contributed by atoms with van der Waals surface area (Å²) in [4.78, 5) is 0. The van der Waals surface area contributed by atoms with Crippen LogP contribution in [0.4, 0.5) is 4.39 Å². The van der Waals surface area contributed by atoms with Crippen LogP contribution >= 0.6 is 0 Å². The maximum absolute atomic E-state index is 13.4. The molecule has 3 rings (SSSR count). The van der Waals surface area contributed by atoms with E-state index in [1.54, 1.807) is 0 Å². The van der Waals surface area contributed by atoms with Crippen molar-refractivity contribution >= 4 is 9.84 Å². The summed E-state index contributed by atoms with van der Waals surface area (Å²) in [6, 6.07) is 5.58. The molecule has 2 bridgehead atoms. The maximum atomic E-state index is 13.4. The Morgan fingerprint density at radius 1 is 1.30 bits per heavy atom. The van der Waals surface area contributed by atoms with Crippen molar-refractivity contribution < 1.29 is 17.9 Å². The van der Waals surface area contributed by atoms with Gasteiger partial charge in [0.2, 0.25) is 0 Å². The van der Waals surface area contributed by atoms with Crippen LogP contribution < -0.4 is 0 Å². The number of hydrogen-bond acceptors (Lipinski definition) is 4. The largest absolute Gasteiger partial charge is 0.385 e. The molecular weight excluding hydrogens is 281 g/mol. The molecule has 0 aromatic heterocycles. The Morgan fingerprint density at radius 2 is 1.90 bits per heavy atom. The first-order chi connectivity index (χ1) is 9.37. The van der Waals surface area contributed by atoms with Gasteiger partial charge in [-0.05, 0) is 43.9 Å². The SMILES string of the molecule is N#Cc1ccc(F)cc1C1(O)CC2CCC(C1)S2(=O)=O. The van der Waals surface area contributed by atoms with Gasteiger partial charge in [0, 0.05) is 5.56 Å². The van der Waals surface area contributed by atoms with Crippen LogP contribution in [0.1, 0.15) is 36.8 Å². The van der Waals surface area contributed by atoms with E-state index in [0.717, 1.165) is 6.07 Å². The van der Waals surface area contributed by atoms with E-state index in [0.29, 0.717) is 12.8 Å². The minimum Gasteiger partial charge on any atom is -0.385 e. The second kappa shape index (κ2) is 4.27. The van der Waals surface area contributed by atoms with Gasteiger partial charge in [-0.25, -0.2) is 12.8 Å². The summed E-state index contributed by atoms with van der Waals surface area (Å²) in [6.45, 7) is 0. The number of nitrogens with zero attached hydrogens (tertiary/aromatic N) is 1. The van der Waals surface area contributed by atoms with Crippen molar-refractivity contribution in [2.75, 3.05) is 0 Å². The minimum atomic E-state index is -3.17. The Morgan fingerprint density at radius 3 is 2.45 bits per heavy atom. The van der Waals surface area contributed by atoms with Crippen molar-refractivity contribution in [2.45, 2.75) is 41.8 Å². The van der Waals surface area contributed by atoms with Gasteiger partial charge in [-0.1, -0.05) is 0 Å². The summed E-state index contributed by atoms with van der Waals surface area (Å²) in [6.07, 6.45) is 1.16. The van der Waals surface area contributed by atoms with Crippen LogP contribution in [-0.4, -0.2) is 24.0 Å². The molecule has 4 nitrogen and oxygen atoms in total. The third-order valence-electron chi connectivity index (χ3n) is 4.47. The normalized spacial score (nSPS) is 34.6. The Hall–Kier alpha value is -1.45. The highest BCUT2D eigenvalue weighted by atomic mass is 32.2. The molecule has 2 aliphatic rings. The average Bonchev–Trinajstić information content (AvgIpc) is 2.59. The molecule has 2 fully saturated rings. The fraction of sp³-hybridized carbons (Fsp3) is 0.500. The number of sulfone groups is 1. The summed E-state index contributed by atoms with van der Waals surface area (Å²) in [5, 5.41) is 18.7. The molecular formula is C14H14FNO3S. The second-order valence-electron chi connectivity index (χ2n) is 5.65. The maximum Gasteiger partial charge on any atom is 0.156 e. The predicted molar refractivity (Wildman–Crippen MR) is 70.0 cm³/mol. The molecule has 6 heteroatoms. The third-order valence-corrected chi connectivity index (χ3v) is 7.14. The lowest BCUT2D eigenvalue weighted by Gasteiger charge is -2.37. The van der Waals surface area contributed by atoms with Gasteiger partial charge in [0.1, 0.15) is 5.82 Å². The molecule has 0 radical (unpaired) electrons. The van der Waals surface area contributed by atoms with Crippen molar-refractivity contribution in [3.63, 3.8) is 0 Å². The monoisotopic (exact) mass is 295 g/mol. The zero-order valence-electron chi connectivity index (χ0n) is 10.7. The molecule has 1 aromatic carbocycles. The Labute approximate surface area is 116 Å². The van der Waals surface area contributed by atoms with E-state index >= 15 is 0 Å². The molecule has 2 saturated heterocycles. The molecule has 0 spiro atoms. The van der Waals surface area contributed by atoms with Crippen LogP contribution in [0.5, 0.6) is 0 Å². The topological polar surface area (TPSA) is 78.2 Å². The van der Waals surface area contributed by atoms with Gasteiger partial charge in [-0.15, -0.1) is 0 Å². The lowest BCUT2D eigenvalue weighted by Crippen LogP contribution is -2.43. The molecule has 20 heavy (non-hydrogen) atoms. The molecule has 1 N–H and O–H groups in total. The molecule has 1 aromatic rings. The molecule has 2 aliphatic heterocycles. The Kier molecular flexibility index (Phi) is 2.89. The van der Waals surface area contributed by atoms with Crippen molar-refractivity contribution in [3.8, 4) is 6.07 Å². The molecule has 2 heterocycles. The van der Waals surface area contributed by atoms with Crippen LogP contribution in [0.25, 0.3) is 0 Å². The smallest absolute Gasteiger partial charge is 0.156 e. The summed E-state index contributed by atoms with van der Waals surface area (Å²) < 4.78 is 37.6. The van der Waals surface area contributed by atoms with Crippen LogP contribution in [0.2, 0.25) is 0 Å². The highest BCUT2D eigenvalue weighted by Crippen LogP contribution is 2.48. The first kappa shape index (κ1) is 13.5. The molecule has 2 atom stereocenters. The number of benzene rings is 1. The van der Waals surface area contributed by atoms with Crippen LogP contribution in [-0.2, 0) is 15.4 Å². The first-order valence-corrected chi connectivity index (χ1v) is 8.13. The van der Waals surface area contributed by atoms with Crippen LogP contribution in [0.3, 0.4) is 0 Å². The molecule has 0 amide bonds. The van der Waals surface area contributed by atoms with E-state index in [1.807, 2.05) is 6.07 Å². The van der Waals surface area contributed by atoms with Gasteiger partial charge in [0.05, 0.1) is 27.7 Å². The summed E-state index contributed by atoms with van der Waals surface area (Å²) in [7, 11) is -3.17. The van der Waals surface area contributed by atoms with E-state index in [1.165, 1.54) is 12.1 Å². The quantitative estimate of drug-likeness (QED) is 0.854. The summed E-state index contributed by atoms with van der Waals surface area (Å²) in [5.74, 6) is -0.534. The number of aliphatic hydroxyl groups is 1. The van der Waals surface area contributed by atoms with E-state index < -0.39 is 31.8 Å². The van der Waals surface area contributed by atoms with Crippen molar-refractivity contribution in [1.29, 1.82) is 5.26 Å². The fourth-order valence-electron chi connectivity index (χ4n) is 3.46. The molecule has 0 aliphatic carbocycles. The number of hydrogen-bond donors (Lipinski definition) is 1. The van der Waals surface area contributed by atoms with Crippen molar-refractivity contribution in [1.82, 2.24) is 0 Å². The number of halogens is 1. The third kappa shape index (κ3) is 1.85. The van der Waals surface area contributed by atoms with Crippen LogP contribution in [0.15, 0.2) is 18.2 Å². The first-order valence-electron chi connectivity index (χ1n) is 6.52. The fourth-order valence-corrected chi connectivity index (χ4v) is 5.95. The van der Waals surface area contributed by atoms with E-state index in [4.69, 9.17) is 5.26 Å². The van der Waals surface area contributed by atoms with Gasteiger partial charge in [-0.2, -0.15) is 5.26 Å². The van der Waals surface area contributed by atoms with Gasteiger partial charge in [-0.3, -0.25) is 0 Å². The van der Waals surface area contributed by atoms with Gasteiger partial charge in [0.15, 0.2) is 9.84 Å². The van der Waals surface area contributed by atoms with Crippen LogP contribution in [0, 0.1) is 17.1 Å². The highest BCUT2D eigenvalue weighted by molar-refractivity contribution is 7.93. The standard InChI is InChI=1S/C14H14FNO3S/c15-10-2-1-9(8-16)13(5-10)14(17)6-11-3-4-12(7-14)20(11,18)19/h1-2,5,11-12,17H,3-4,6-7H2. The lowest BCUT2D eigenvalue weighted by molar-refractivity contribution is 0.0168. The van der Waals surface area contributed by atoms with Gasteiger partial charge in [0.25, 0.3) is 0 Å². The zero-order chi connectivity index (χ0) is 14.5. The Bertz CT molecular complexity index is 688. The Balaban J connectivity index is 2.08. The van der Waals surface area contributed by atoms with Crippen molar-refractivity contribution in [2.24, 2.45) is 0 Å². The zero-order valence-corrected chi connectivity index (χ0v) is 11.5. The molecule has 2 unspecified atom stereocenters. The van der Waals surface area contributed by atoms with E-state index in [2.05, 4.69) is 0 Å². The van der Waals surface area contributed by atoms with Gasteiger partial charge >= 0.3 is 0 Å². The number of nitriles is 1. The summed E-state index contributed by atoms with van der Waals surface area (Å²) in [5.41, 5.74) is -1.01. The average molecular weight is 295 g/mol. The molecule has 0 saturated carbocycles. The summed E-state index contributed by atoms with van der Waals surface area (Å²) >= 11 is 0. The minimum absolute atomic E-state index is 0.0456. The number of rotatable bonds is 1. The highest BCUT2D eigenvalue weighted by Gasteiger charge is 2.53. The predicted octanol–water partition coefficient (Wildman–Crippen LogP) is 1.62. The number of fused-ring (bicyclic) bond motifs is 2. The van der Waals surface area contributed by atoms with Gasteiger partial charge < -0.3 is 5.11 Å².